The predicted octanol–water partition coefficient (Wildman–Crippen LogP) is 1.76. The van der Waals surface area contributed by atoms with E-state index in [4.69, 9.17) is 0 Å². The maximum absolute atomic E-state index is 11.2. The van der Waals surface area contributed by atoms with Crippen LogP contribution in [0.4, 0.5) is 8.39 Å². The van der Waals surface area contributed by atoms with Gasteiger partial charge in [0.25, 0.3) is 0 Å². The van der Waals surface area contributed by atoms with Crippen LogP contribution in [-0.2, 0) is 0 Å². The van der Waals surface area contributed by atoms with Crippen LogP contribution in [0.1, 0.15) is 0 Å². The van der Waals surface area contributed by atoms with Gasteiger partial charge in [-0.05, 0) is 0 Å². The molecule has 0 atom stereocenters. The van der Waals surface area contributed by atoms with Crippen molar-refractivity contribution in [2.45, 2.75) is 0 Å². The summed E-state index contributed by atoms with van der Waals surface area (Å²) in [6.45, 7) is 1.99. The third-order valence-electron chi connectivity index (χ3n) is 0. The minimum absolute atomic E-state index is 0.993. The molecule has 0 aromatic heterocycles. The minimum atomic E-state index is -3.61. The molecule has 0 radical (unpaired) electrons. The first-order valence-electron chi connectivity index (χ1n) is 1.38. The first kappa shape index (κ1) is 5.29. The van der Waals surface area contributed by atoms with E-state index in [1.54, 1.807) is 0 Å². The van der Waals surface area contributed by atoms with Crippen LogP contribution in [-0.4, -0.2) is 13.3 Å². The summed E-state index contributed by atoms with van der Waals surface area (Å²) in [4.78, 5) is 0. The molecule has 0 aliphatic heterocycles. The molecule has 0 bridgehead atoms. The molecule has 0 aromatic rings. The van der Waals surface area contributed by atoms with Gasteiger partial charge < -0.3 is 0 Å². The molecule has 0 aromatic carbocycles. The number of halogens is 2. The summed E-state index contributed by atoms with van der Waals surface area (Å²) in [5, 5.41) is 0. The van der Waals surface area contributed by atoms with Gasteiger partial charge in [-0.3, -0.25) is 0 Å². The predicted molar refractivity (Wildman–Crippen MR) is 22.4 cm³/mol. The van der Waals surface area contributed by atoms with Crippen molar-refractivity contribution in [2.24, 2.45) is 0 Å². The fraction of sp³-hybridized carbons (Fsp3) is 1.00. The van der Waals surface area contributed by atoms with Crippen LogP contribution < -0.4 is 0 Å². The molecular formula is C2H7F2P. The third kappa shape index (κ3) is 268. The standard InChI is InChI=1S/C2H7F2P/c1-5(2,3)4/h5H,1-2H3. The van der Waals surface area contributed by atoms with Crippen molar-refractivity contribution in [2.75, 3.05) is 13.3 Å². The van der Waals surface area contributed by atoms with Gasteiger partial charge in [-0.1, -0.05) is 0 Å². The van der Waals surface area contributed by atoms with Crippen molar-refractivity contribution in [3.63, 3.8) is 0 Å². The van der Waals surface area contributed by atoms with Crippen LogP contribution in [0.25, 0.3) is 0 Å². The number of hydrogen-bond acceptors (Lipinski definition) is 0. The van der Waals surface area contributed by atoms with Crippen LogP contribution in [0, 0.1) is 0 Å². The second kappa shape index (κ2) is 1.17. The maximum atomic E-state index is 11.2. The average molecular weight is 100 g/mol. The molecule has 3 heteroatoms. The second-order valence-corrected chi connectivity index (χ2v) is 3.98. The Labute approximate surface area is 30.8 Å². The summed E-state index contributed by atoms with van der Waals surface area (Å²) >= 11 is 0. The Morgan fingerprint density at radius 3 is 1.20 bits per heavy atom. The molecule has 0 spiro atoms. The van der Waals surface area contributed by atoms with Gasteiger partial charge in [-0.15, -0.1) is 0 Å². The fourth-order valence-electron chi connectivity index (χ4n) is 0. The zero-order valence-electron chi connectivity index (χ0n) is 3.26. The Balaban J connectivity index is 3.02. The Morgan fingerprint density at radius 1 is 1.20 bits per heavy atom. The molecular weight excluding hydrogens is 93.0 g/mol. The summed E-state index contributed by atoms with van der Waals surface area (Å²) < 4.78 is 22.3. The average Bonchev–Trinajstić information content (AvgIpc) is 0.722. The molecule has 0 fully saturated rings. The Bertz CT molecular complexity index is 23.1. The third-order valence-corrected chi connectivity index (χ3v) is 0. The molecule has 34 valence electrons. The molecule has 0 saturated heterocycles. The Kier molecular flexibility index (Phi) is 1.24. The summed E-state index contributed by atoms with van der Waals surface area (Å²) in [6.07, 6.45) is 0. The van der Waals surface area contributed by atoms with Crippen molar-refractivity contribution < 1.29 is 8.39 Å². The Hall–Kier alpha value is 0.290. The van der Waals surface area contributed by atoms with Crippen LogP contribution in [0.3, 0.4) is 0 Å². The summed E-state index contributed by atoms with van der Waals surface area (Å²) in [5.74, 6) is 0. The second-order valence-electron chi connectivity index (χ2n) is 1.33. The van der Waals surface area contributed by atoms with Crippen molar-refractivity contribution >= 4 is 7.88 Å². The first-order valence-corrected chi connectivity index (χ1v) is 4.13. The van der Waals surface area contributed by atoms with Gasteiger partial charge in [-0.2, -0.15) is 0 Å². The van der Waals surface area contributed by atoms with Crippen LogP contribution >= 0.6 is 7.88 Å². The van der Waals surface area contributed by atoms with E-state index in [2.05, 4.69) is 0 Å². The van der Waals surface area contributed by atoms with E-state index in [0.29, 0.717) is 0 Å². The van der Waals surface area contributed by atoms with E-state index in [1.165, 1.54) is 0 Å². The van der Waals surface area contributed by atoms with Gasteiger partial charge in [0.2, 0.25) is 0 Å². The van der Waals surface area contributed by atoms with Gasteiger partial charge in [0.1, 0.15) is 0 Å². The molecule has 0 nitrogen and oxygen atoms in total. The number of rotatable bonds is 0. The molecule has 0 unspecified atom stereocenters. The SMILES string of the molecule is C[PH](C)(F)F. The normalized spacial score (nSPS) is 15.2. The topological polar surface area (TPSA) is 0 Å². The van der Waals surface area contributed by atoms with Crippen LogP contribution in [0.2, 0.25) is 0 Å². The van der Waals surface area contributed by atoms with Gasteiger partial charge >= 0.3 is 29.6 Å². The monoisotopic (exact) mass is 100 g/mol. The van der Waals surface area contributed by atoms with Crippen LogP contribution in [0.5, 0.6) is 0 Å². The van der Waals surface area contributed by atoms with E-state index in [9.17, 15) is 8.39 Å². The van der Waals surface area contributed by atoms with Crippen molar-refractivity contribution in [1.29, 1.82) is 0 Å². The summed E-state index contributed by atoms with van der Waals surface area (Å²) in [7, 11) is -3.61. The van der Waals surface area contributed by atoms with E-state index < -0.39 is 7.88 Å². The van der Waals surface area contributed by atoms with E-state index in [0.717, 1.165) is 13.3 Å². The molecule has 0 aliphatic rings. The summed E-state index contributed by atoms with van der Waals surface area (Å²) in [5.41, 5.74) is 0. The Morgan fingerprint density at radius 2 is 1.20 bits per heavy atom. The molecule has 0 aliphatic carbocycles. The van der Waals surface area contributed by atoms with Crippen LogP contribution in [0.15, 0.2) is 0 Å². The van der Waals surface area contributed by atoms with E-state index in [1.807, 2.05) is 0 Å². The molecule has 0 saturated carbocycles. The van der Waals surface area contributed by atoms with Gasteiger partial charge in [0.05, 0.1) is 0 Å². The van der Waals surface area contributed by atoms with Gasteiger partial charge in [0.15, 0.2) is 0 Å². The van der Waals surface area contributed by atoms with Crippen molar-refractivity contribution in [3.8, 4) is 0 Å². The van der Waals surface area contributed by atoms with E-state index in [-0.39, 0.29) is 0 Å². The van der Waals surface area contributed by atoms with Gasteiger partial charge in [0, 0.05) is 0 Å². The van der Waals surface area contributed by atoms with Crippen molar-refractivity contribution in [1.82, 2.24) is 0 Å². The molecule has 0 amide bonds. The summed E-state index contributed by atoms with van der Waals surface area (Å²) in [6, 6.07) is 0. The number of hydrogen-bond donors (Lipinski definition) is 0. The zero-order chi connectivity index (χ0) is 4.50. The van der Waals surface area contributed by atoms with E-state index >= 15 is 0 Å². The molecule has 5 heavy (non-hydrogen) atoms. The molecule has 0 heterocycles. The fourth-order valence-corrected chi connectivity index (χ4v) is 0. The quantitative estimate of drug-likeness (QED) is 0.407. The van der Waals surface area contributed by atoms with Gasteiger partial charge in [-0.25, -0.2) is 0 Å². The molecule has 0 rings (SSSR count). The molecule has 0 N–H and O–H groups in total. The first-order chi connectivity index (χ1) is 2.00. The zero-order valence-corrected chi connectivity index (χ0v) is 4.26. The van der Waals surface area contributed by atoms with Crippen molar-refractivity contribution in [3.05, 3.63) is 0 Å².